The SMILES string of the molecule is C[C@H](NS(=O)(=O)c1ccc2ccccc2c1)C(=O)Nc1ccc(Cl)cc1C(=O)c1ccccc1. The Morgan fingerprint density at radius 2 is 1.50 bits per heavy atom. The molecule has 4 aromatic carbocycles. The number of hydrogen-bond donors (Lipinski definition) is 2. The van der Waals surface area contributed by atoms with Crippen LogP contribution in [0.2, 0.25) is 5.02 Å². The average Bonchev–Trinajstić information content (AvgIpc) is 2.84. The second-order valence-corrected chi connectivity index (χ2v) is 9.88. The fourth-order valence-electron chi connectivity index (χ4n) is 3.49. The van der Waals surface area contributed by atoms with E-state index in [1.165, 1.54) is 25.1 Å². The molecular weight excluding hydrogens is 472 g/mol. The molecule has 0 aliphatic rings. The summed E-state index contributed by atoms with van der Waals surface area (Å²) in [6.45, 7) is 1.43. The van der Waals surface area contributed by atoms with Gasteiger partial charge in [-0.3, -0.25) is 9.59 Å². The van der Waals surface area contributed by atoms with Crippen molar-refractivity contribution in [2.24, 2.45) is 0 Å². The molecule has 0 radical (unpaired) electrons. The number of anilines is 1. The van der Waals surface area contributed by atoms with Gasteiger partial charge in [-0.05, 0) is 48.0 Å². The number of sulfonamides is 1. The molecule has 0 fully saturated rings. The zero-order valence-electron chi connectivity index (χ0n) is 18.2. The van der Waals surface area contributed by atoms with Gasteiger partial charge in [0.2, 0.25) is 15.9 Å². The Hall–Kier alpha value is -3.52. The maximum atomic E-state index is 13.0. The predicted octanol–water partition coefficient (Wildman–Crippen LogP) is 5.03. The van der Waals surface area contributed by atoms with Crippen molar-refractivity contribution in [2.75, 3.05) is 5.32 Å². The number of hydrogen-bond acceptors (Lipinski definition) is 4. The van der Waals surface area contributed by atoms with E-state index in [0.717, 1.165) is 10.8 Å². The Morgan fingerprint density at radius 1 is 0.824 bits per heavy atom. The summed E-state index contributed by atoms with van der Waals surface area (Å²) >= 11 is 6.09. The van der Waals surface area contributed by atoms with Gasteiger partial charge < -0.3 is 5.32 Å². The number of nitrogens with one attached hydrogen (secondary N) is 2. The summed E-state index contributed by atoms with van der Waals surface area (Å²) in [5.41, 5.74) is 0.877. The molecule has 8 heteroatoms. The Morgan fingerprint density at radius 3 is 2.24 bits per heavy atom. The number of carbonyl (C=O) groups excluding carboxylic acids is 2. The molecule has 4 rings (SSSR count). The number of benzene rings is 4. The summed E-state index contributed by atoms with van der Waals surface area (Å²) in [6.07, 6.45) is 0. The highest BCUT2D eigenvalue weighted by atomic mass is 35.5. The molecular formula is C26H21ClN2O4S. The van der Waals surface area contributed by atoms with E-state index in [9.17, 15) is 18.0 Å². The Labute approximate surface area is 202 Å². The zero-order valence-corrected chi connectivity index (χ0v) is 19.7. The van der Waals surface area contributed by atoms with E-state index in [1.54, 1.807) is 48.5 Å². The van der Waals surface area contributed by atoms with Gasteiger partial charge in [0.25, 0.3) is 0 Å². The normalized spacial score (nSPS) is 12.3. The molecule has 34 heavy (non-hydrogen) atoms. The van der Waals surface area contributed by atoms with Gasteiger partial charge in [0.15, 0.2) is 5.78 Å². The molecule has 0 bridgehead atoms. The van der Waals surface area contributed by atoms with Crippen LogP contribution >= 0.6 is 11.6 Å². The van der Waals surface area contributed by atoms with Crippen molar-refractivity contribution in [1.29, 1.82) is 0 Å². The van der Waals surface area contributed by atoms with E-state index in [4.69, 9.17) is 11.6 Å². The third kappa shape index (κ3) is 5.17. The quantitative estimate of drug-likeness (QED) is 0.354. The zero-order chi connectivity index (χ0) is 24.3. The minimum atomic E-state index is -3.96. The second-order valence-electron chi connectivity index (χ2n) is 7.73. The molecule has 2 N–H and O–H groups in total. The van der Waals surface area contributed by atoms with Crippen LogP contribution in [0.4, 0.5) is 5.69 Å². The highest BCUT2D eigenvalue weighted by molar-refractivity contribution is 7.89. The summed E-state index contributed by atoms with van der Waals surface area (Å²) in [6, 6.07) is 24.2. The van der Waals surface area contributed by atoms with Crippen LogP contribution in [0, 0.1) is 0 Å². The Bertz CT molecular complexity index is 1490. The molecule has 1 atom stereocenters. The van der Waals surface area contributed by atoms with Crippen molar-refractivity contribution in [3.8, 4) is 0 Å². The Balaban J connectivity index is 1.54. The first-order valence-corrected chi connectivity index (χ1v) is 12.3. The van der Waals surface area contributed by atoms with Crippen molar-refractivity contribution in [3.05, 3.63) is 107 Å². The summed E-state index contributed by atoms with van der Waals surface area (Å²) in [5.74, 6) is -0.934. The summed E-state index contributed by atoms with van der Waals surface area (Å²) in [5, 5.41) is 4.66. The van der Waals surface area contributed by atoms with Gasteiger partial charge in [-0.25, -0.2) is 8.42 Å². The van der Waals surface area contributed by atoms with Gasteiger partial charge in [-0.2, -0.15) is 4.72 Å². The molecule has 1 amide bonds. The van der Waals surface area contributed by atoms with Crippen LogP contribution in [0.3, 0.4) is 0 Å². The van der Waals surface area contributed by atoms with E-state index >= 15 is 0 Å². The summed E-state index contributed by atoms with van der Waals surface area (Å²) in [7, 11) is -3.96. The fourth-order valence-corrected chi connectivity index (χ4v) is 4.90. The molecule has 6 nitrogen and oxygen atoms in total. The second kappa shape index (κ2) is 9.77. The molecule has 0 saturated heterocycles. The van der Waals surface area contributed by atoms with Crippen molar-refractivity contribution in [2.45, 2.75) is 17.9 Å². The van der Waals surface area contributed by atoms with E-state index in [2.05, 4.69) is 10.0 Å². The summed E-state index contributed by atoms with van der Waals surface area (Å²) in [4.78, 5) is 25.9. The van der Waals surface area contributed by atoms with Crippen molar-refractivity contribution in [1.82, 2.24) is 4.72 Å². The maximum Gasteiger partial charge on any atom is 0.242 e. The van der Waals surface area contributed by atoms with Crippen LogP contribution in [0.25, 0.3) is 10.8 Å². The lowest BCUT2D eigenvalue weighted by Crippen LogP contribution is -2.41. The molecule has 0 aliphatic heterocycles. The first kappa shape index (κ1) is 23.6. The van der Waals surface area contributed by atoms with Gasteiger partial charge in [0.1, 0.15) is 0 Å². The first-order chi connectivity index (χ1) is 16.2. The highest BCUT2D eigenvalue weighted by Crippen LogP contribution is 2.24. The lowest BCUT2D eigenvalue weighted by atomic mass is 10.0. The van der Waals surface area contributed by atoms with Gasteiger partial charge in [-0.15, -0.1) is 0 Å². The topological polar surface area (TPSA) is 92.3 Å². The monoisotopic (exact) mass is 492 g/mol. The predicted molar refractivity (Wildman–Crippen MR) is 134 cm³/mol. The van der Waals surface area contributed by atoms with E-state index < -0.39 is 22.0 Å². The van der Waals surface area contributed by atoms with Crippen LogP contribution in [-0.4, -0.2) is 26.2 Å². The number of amides is 1. The molecule has 0 saturated carbocycles. The largest absolute Gasteiger partial charge is 0.324 e. The maximum absolute atomic E-state index is 13.0. The van der Waals surface area contributed by atoms with Crippen molar-refractivity contribution in [3.63, 3.8) is 0 Å². The van der Waals surface area contributed by atoms with Crippen LogP contribution in [-0.2, 0) is 14.8 Å². The number of carbonyl (C=O) groups is 2. The lowest BCUT2D eigenvalue weighted by molar-refractivity contribution is -0.117. The molecule has 4 aromatic rings. The number of fused-ring (bicyclic) bond motifs is 1. The molecule has 0 spiro atoms. The van der Waals surface area contributed by atoms with E-state index in [-0.39, 0.29) is 21.9 Å². The smallest absolute Gasteiger partial charge is 0.242 e. The van der Waals surface area contributed by atoms with Crippen LogP contribution in [0.15, 0.2) is 95.9 Å². The molecule has 172 valence electrons. The van der Waals surface area contributed by atoms with E-state index in [0.29, 0.717) is 10.6 Å². The van der Waals surface area contributed by atoms with Crippen LogP contribution in [0.1, 0.15) is 22.8 Å². The number of halogens is 1. The standard InChI is InChI=1S/C26H21ClN2O4S/c1-17(29-34(32,33)22-13-11-18-7-5-6-10-20(18)15-22)26(31)28-24-14-12-21(27)16-23(24)25(30)19-8-3-2-4-9-19/h2-17,29H,1H3,(H,28,31)/t17-/m0/s1. The molecule has 0 aromatic heterocycles. The number of ketones is 1. The average molecular weight is 493 g/mol. The minimum absolute atomic E-state index is 0.0530. The van der Waals surface area contributed by atoms with Crippen molar-refractivity contribution >= 4 is 49.8 Å². The van der Waals surface area contributed by atoms with Gasteiger partial charge in [0.05, 0.1) is 16.6 Å². The van der Waals surface area contributed by atoms with Gasteiger partial charge in [0, 0.05) is 16.1 Å². The molecule has 0 heterocycles. The van der Waals surface area contributed by atoms with Crippen LogP contribution in [0.5, 0.6) is 0 Å². The third-order valence-corrected chi connectivity index (χ3v) is 7.05. The fraction of sp³-hybridized carbons (Fsp3) is 0.0769. The van der Waals surface area contributed by atoms with Gasteiger partial charge in [-0.1, -0.05) is 72.3 Å². The third-order valence-electron chi connectivity index (χ3n) is 5.28. The summed E-state index contributed by atoms with van der Waals surface area (Å²) < 4.78 is 28.2. The highest BCUT2D eigenvalue weighted by Gasteiger charge is 2.24. The number of rotatable bonds is 7. The van der Waals surface area contributed by atoms with Gasteiger partial charge >= 0.3 is 0 Å². The van der Waals surface area contributed by atoms with Crippen LogP contribution < -0.4 is 10.0 Å². The minimum Gasteiger partial charge on any atom is -0.324 e. The first-order valence-electron chi connectivity index (χ1n) is 10.5. The molecule has 0 aliphatic carbocycles. The van der Waals surface area contributed by atoms with Crippen molar-refractivity contribution < 1.29 is 18.0 Å². The lowest BCUT2D eigenvalue weighted by Gasteiger charge is -2.16. The molecule has 0 unspecified atom stereocenters. The van der Waals surface area contributed by atoms with E-state index in [1.807, 2.05) is 24.3 Å². The Kier molecular flexibility index (Phi) is 6.79.